The number of carbonyl (C=O) groups is 1. The van der Waals surface area contributed by atoms with Crippen molar-refractivity contribution in [1.29, 1.82) is 0 Å². The molecule has 0 N–H and O–H groups in total. The van der Waals surface area contributed by atoms with E-state index >= 15 is 0 Å². The van der Waals surface area contributed by atoms with E-state index in [1.165, 1.54) is 0 Å². The molecule has 1 amide bonds. The zero-order chi connectivity index (χ0) is 21.5. The monoisotopic (exact) mass is 410 g/mol. The van der Waals surface area contributed by atoms with Crippen LogP contribution in [0.2, 0.25) is 0 Å². The van der Waals surface area contributed by atoms with Gasteiger partial charge in [0, 0.05) is 18.2 Å². The normalized spacial score (nSPS) is 13.9. The van der Waals surface area contributed by atoms with Crippen LogP contribution in [0, 0.1) is 0 Å². The average molecular weight is 410 g/mol. The minimum atomic E-state index is -0.569. The van der Waals surface area contributed by atoms with Gasteiger partial charge in [0.25, 0.3) is 5.56 Å². The van der Waals surface area contributed by atoms with Crippen molar-refractivity contribution in [3.63, 3.8) is 0 Å². The first-order valence-electron chi connectivity index (χ1n) is 9.96. The molecule has 8 heteroatoms. The van der Waals surface area contributed by atoms with Gasteiger partial charge in [0.15, 0.2) is 0 Å². The lowest BCUT2D eigenvalue weighted by atomic mass is 10.1. The van der Waals surface area contributed by atoms with Gasteiger partial charge in [-0.05, 0) is 44.9 Å². The molecular formula is C22H26N4O4. The molecule has 0 unspecified atom stereocenters. The van der Waals surface area contributed by atoms with Gasteiger partial charge in [0.1, 0.15) is 17.0 Å². The Kier molecular flexibility index (Phi) is 5.01. The van der Waals surface area contributed by atoms with Gasteiger partial charge in [0.05, 0.1) is 32.1 Å². The molecule has 1 aliphatic rings. The van der Waals surface area contributed by atoms with Crippen LogP contribution in [0.3, 0.4) is 0 Å². The molecular weight excluding hydrogens is 384 g/mol. The van der Waals surface area contributed by atoms with Crippen LogP contribution in [0.5, 0.6) is 5.75 Å². The summed E-state index contributed by atoms with van der Waals surface area (Å²) in [7, 11) is 1.62. The molecule has 0 aliphatic carbocycles. The van der Waals surface area contributed by atoms with E-state index in [1.54, 1.807) is 27.3 Å². The highest BCUT2D eigenvalue weighted by Crippen LogP contribution is 2.21. The van der Waals surface area contributed by atoms with Crippen molar-refractivity contribution < 1.29 is 14.3 Å². The third kappa shape index (κ3) is 3.77. The molecule has 30 heavy (non-hydrogen) atoms. The number of nitrogens with zero attached hydrogens (tertiary/aromatic N) is 4. The third-order valence-corrected chi connectivity index (χ3v) is 5.13. The van der Waals surface area contributed by atoms with E-state index in [9.17, 15) is 9.59 Å². The lowest BCUT2D eigenvalue weighted by molar-refractivity contribution is 0.0218. The van der Waals surface area contributed by atoms with Crippen molar-refractivity contribution in [2.45, 2.75) is 45.9 Å². The topological polar surface area (TPSA) is 78.1 Å². The zero-order valence-electron chi connectivity index (χ0n) is 17.7. The van der Waals surface area contributed by atoms with Crippen LogP contribution < -0.4 is 10.3 Å². The highest BCUT2D eigenvalue weighted by atomic mass is 16.6. The number of hydrogen-bond acceptors (Lipinski definition) is 5. The van der Waals surface area contributed by atoms with E-state index in [-0.39, 0.29) is 11.7 Å². The Bertz CT molecular complexity index is 1140. The van der Waals surface area contributed by atoms with Crippen LogP contribution in [-0.4, -0.2) is 44.4 Å². The molecule has 158 valence electrons. The van der Waals surface area contributed by atoms with Gasteiger partial charge in [-0.15, -0.1) is 0 Å². The number of amides is 1. The minimum Gasteiger partial charge on any atom is -0.497 e. The maximum absolute atomic E-state index is 13.3. The summed E-state index contributed by atoms with van der Waals surface area (Å²) in [6.07, 6.45) is 1.76. The average Bonchev–Trinajstić information content (AvgIpc) is 3.20. The van der Waals surface area contributed by atoms with Gasteiger partial charge in [0.2, 0.25) is 0 Å². The maximum atomic E-state index is 13.3. The quantitative estimate of drug-likeness (QED) is 0.664. The Morgan fingerprint density at radius 1 is 1.17 bits per heavy atom. The molecule has 8 nitrogen and oxygen atoms in total. The van der Waals surface area contributed by atoms with Crippen LogP contribution in [-0.2, 0) is 24.2 Å². The summed E-state index contributed by atoms with van der Waals surface area (Å²) in [4.78, 5) is 27.5. The number of benzene rings is 1. The van der Waals surface area contributed by atoms with Crippen LogP contribution in [0.15, 0.2) is 41.3 Å². The van der Waals surface area contributed by atoms with E-state index in [2.05, 4.69) is 5.10 Å². The SMILES string of the molecule is COc1ccc(Cn2c(=O)c3c(n4nccc24)CN(C(=O)OC(C)(C)C)CC3)cc1. The first-order valence-corrected chi connectivity index (χ1v) is 9.96. The number of fused-ring (bicyclic) bond motifs is 3. The van der Waals surface area contributed by atoms with Crippen molar-refractivity contribution in [1.82, 2.24) is 19.1 Å². The van der Waals surface area contributed by atoms with E-state index < -0.39 is 5.60 Å². The summed E-state index contributed by atoms with van der Waals surface area (Å²) < 4.78 is 14.2. The van der Waals surface area contributed by atoms with Crippen molar-refractivity contribution in [3.05, 3.63) is 63.7 Å². The molecule has 0 fully saturated rings. The second-order valence-corrected chi connectivity index (χ2v) is 8.42. The number of methoxy groups -OCH3 is 1. The Morgan fingerprint density at radius 3 is 2.57 bits per heavy atom. The third-order valence-electron chi connectivity index (χ3n) is 5.13. The lowest BCUT2D eigenvalue weighted by Gasteiger charge is -2.31. The van der Waals surface area contributed by atoms with E-state index in [0.717, 1.165) is 17.0 Å². The number of hydrogen-bond donors (Lipinski definition) is 0. The first kappa shape index (κ1) is 20.0. The highest BCUT2D eigenvalue weighted by molar-refractivity contribution is 5.68. The van der Waals surface area contributed by atoms with E-state index in [0.29, 0.717) is 37.3 Å². The molecule has 1 aliphatic heterocycles. The van der Waals surface area contributed by atoms with Crippen molar-refractivity contribution in [2.75, 3.05) is 13.7 Å². The summed E-state index contributed by atoms with van der Waals surface area (Å²) in [5.74, 6) is 0.772. The minimum absolute atomic E-state index is 0.0438. The molecule has 0 bridgehead atoms. The molecule has 0 atom stereocenters. The fourth-order valence-corrected chi connectivity index (χ4v) is 3.70. The summed E-state index contributed by atoms with van der Waals surface area (Å²) >= 11 is 0. The van der Waals surface area contributed by atoms with E-state index in [4.69, 9.17) is 9.47 Å². The summed E-state index contributed by atoms with van der Waals surface area (Å²) in [6, 6.07) is 9.47. The lowest BCUT2D eigenvalue weighted by Crippen LogP contribution is -2.43. The van der Waals surface area contributed by atoms with Crippen molar-refractivity contribution >= 4 is 11.7 Å². The second-order valence-electron chi connectivity index (χ2n) is 8.42. The Balaban J connectivity index is 1.69. The summed E-state index contributed by atoms with van der Waals surface area (Å²) in [5, 5.41) is 4.43. The summed E-state index contributed by atoms with van der Waals surface area (Å²) in [6.45, 7) is 6.68. The zero-order valence-corrected chi connectivity index (χ0v) is 17.7. The molecule has 0 saturated carbocycles. The smallest absolute Gasteiger partial charge is 0.410 e. The Hall–Kier alpha value is -3.29. The molecule has 3 heterocycles. The predicted molar refractivity (Wildman–Crippen MR) is 112 cm³/mol. The van der Waals surface area contributed by atoms with Crippen LogP contribution in [0.4, 0.5) is 4.79 Å². The molecule has 3 aromatic rings. The van der Waals surface area contributed by atoms with Gasteiger partial charge in [-0.2, -0.15) is 5.10 Å². The molecule has 2 aromatic heterocycles. The van der Waals surface area contributed by atoms with Gasteiger partial charge in [-0.1, -0.05) is 12.1 Å². The fraction of sp³-hybridized carbons (Fsp3) is 0.409. The largest absolute Gasteiger partial charge is 0.497 e. The van der Waals surface area contributed by atoms with Gasteiger partial charge < -0.3 is 14.4 Å². The number of aromatic nitrogens is 3. The fourth-order valence-electron chi connectivity index (χ4n) is 3.70. The van der Waals surface area contributed by atoms with Crippen LogP contribution >= 0.6 is 0 Å². The van der Waals surface area contributed by atoms with E-state index in [1.807, 2.05) is 51.1 Å². The van der Waals surface area contributed by atoms with Gasteiger partial charge in [-0.25, -0.2) is 9.31 Å². The number of ether oxygens (including phenoxy) is 2. The summed E-state index contributed by atoms with van der Waals surface area (Å²) in [5.41, 5.74) is 2.51. The first-order chi connectivity index (χ1) is 14.3. The Morgan fingerprint density at radius 2 is 1.90 bits per heavy atom. The molecule has 0 saturated heterocycles. The Labute approximate surface area is 174 Å². The molecule has 0 radical (unpaired) electrons. The van der Waals surface area contributed by atoms with Gasteiger partial charge >= 0.3 is 6.09 Å². The number of rotatable bonds is 3. The van der Waals surface area contributed by atoms with Gasteiger partial charge in [-0.3, -0.25) is 9.36 Å². The molecule has 1 aromatic carbocycles. The van der Waals surface area contributed by atoms with Crippen molar-refractivity contribution in [2.24, 2.45) is 0 Å². The molecule has 0 spiro atoms. The van der Waals surface area contributed by atoms with Crippen molar-refractivity contribution in [3.8, 4) is 5.75 Å². The van der Waals surface area contributed by atoms with Crippen LogP contribution in [0.25, 0.3) is 5.65 Å². The standard InChI is InChI=1S/C22H26N4O4/c1-22(2,3)30-21(28)24-12-10-17-18(14-24)26-19(9-11-23-26)25(20(17)27)13-15-5-7-16(29-4)8-6-15/h5-9,11H,10,12-14H2,1-4H3. The molecule has 4 rings (SSSR count). The number of carbonyl (C=O) groups excluding carboxylic acids is 1. The maximum Gasteiger partial charge on any atom is 0.410 e. The van der Waals surface area contributed by atoms with Crippen LogP contribution in [0.1, 0.15) is 37.6 Å². The highest BCUT2D eigenvalue weighted by Gasteiger charge is 2.29. The second kappa shape index (κ2) is 7.51. The predicted octanol–water partition coefficient (Wildman–Crippen LogP) is 2.85.